The number of amides is 1. The Labute approximate surface area is 106 Å². The average molecular weight is 251 g/mol. The zero-order chi connectivity index (χ0) is 13.7. The van der Waals surface area contributed by atoms with Crippen LogP contribution in [0.2, 0.25) is 0 Å². The predicted octanol–water partition coefficient (Wildman–Crippen LogP) is 1.53. The van der Waals surface area contributed by atoms with Gasteiger partial charge in [0, 0.05) is 5.56 Å². The molecule has 0 aliphatic heterocycles. The fraction of sp³-hybridized carbons (Fsp3) is 0.385. The second kappa shape index (κ2) is 6.05. The highest BCUT2D eigenvalue weighted by molar-refractivity contribution is 5.96. The van der Waals surface area contributed by atoms with Gasteiger partial charge >= 0.3 is 5.97 Å². The summed E-state index contributed by atoms with van der Waals surface area (Å²) < 4.78 is 4.98. The summed E-state index contributed by atoms with van der Waals surface area (Å²) in [5.74, 6) is -0.972. The van der Waals surface area contributed by atoms with Crippen LogP contribution in [0.4, 0.5) is 0 Å². The van der Waals surface area contributed by atoms with Crippen molar-refractivity contribution in [3.63, 3.8) is 0 Å². The van der Waals surface area contributed by atoms with Crippen LogP contribution in [0.5, 0.6) is 5.75 Å². The monoisotopic (exact) mass is 251 g/mol. The van der Waals surface area contributed by atoms with Crippen molar-refractivity contribution in [2.24, 2.45) is 5.92 Å². The van der Waals surface area contributed by atoms with Crippen LogP contribution in [0.1, 0.15) is 24.2 Å². The minimum Gasteiger partial charge on any atom is -0.497 e. The van der Waals surface area contributed by atoms with E-state index in [1.807, 2.05) is 0 Å². The summed E-state index contributed by atoms with van der Waals surface area (Å²) in [4.78, 5) is 22.8. The first kappa shape index (κ1) is 14.0. The molecule has 0 aliphatic carbocycles. The summed E-state index contributed by atoms with van der Waals surface area (Å²) in [6, 6.07) is 5.60. The molecule has 18 heavy (non-hydrogen) atoms. The number of carboxylic acids is 1. The molecule has 5 nitrogen and oxygen atoms in total. The number of nitrogens with one attached hydrogen (secondary N) is 1. The van der Waals surface area contributed by atoms with Crippen LogP contribution in [-0.2, 0) is 4.79 Å². The van der Waals surface area contributed by atoms with Crippen LogP contribution in [-0.4, -0.2) is 30.1 Å². The maximum atomic E-state index is 11.8. The Morgan fingerprint density at radius 1 is 1.22 bits per heavy atom. The molecule has 1 aromatic carbocycles. The Kier molecular flexibility index (Phi) is 4.71. The molecule has 0 aromatic heterocycles. The van der Waals surface area contributed by atoms with Crippen LogP contribution in [0.25, 0.3) is 0 Å². The van der Waals surface area contributed by atoms with Crippen LogP contribution >= 0.6 is 0 Å². The number of hydrogen-bond acceptors (Lipinski definition) is 3. The molecule has 1 atom stereocenters. The lowest BCUT2D eigenvalue weighted by atomic mass is 10.0. The van der Waals surface area contributed by atoms with Crippen molar-refractivity contribution in [2.75, 3.05) is 7.11 Å². The fourth-order valence-electron chi connectivity index (χ4n) is 1.48. The molecule has 0 heterocycles. The second-order valence-corrected chi connectivity index (χ2v) is 4.26. The molecule has 0 saturated heterocycles. The van der Waals surface area contributed by atoms with Gasteiger partial charge < -0.3 is 15.2 Å². The molecule has 0 fully saturated rings. The molecule has 0 aliphatic rings. The number of carbonyl (C=O) groups excluding carboxylic acids is 1. The number of benzene rings is 1. The van der Waals surface area contributed by atoms with E-state index in [-0.39, 0.29) is 5.92 Å². The van der Waals surface area contributed by atoms with Gasteiger partial charge in [0.05, 0.1) is 7.11 Å². The highest BCUT2D eigenvalue weighted by Gasteiger charge is 2.23. The van der Waals surface area contributed by atoms with Gasteiger partial charge in [0.2, 0.25) is 0 Å². The molecule has 98 valence electrons. The van der Waals surface area contributed by atoms with Crippen molar-refractivity contribution in [1.82, 2.24) is 5.32 Å². The van der Waals surface area contributed by atoms with Crippen LogP contribution in [0, 0.1) is 5.92 Å². The Balaban J connectivity index is 2.77. The molecule has 1 unspecified atom stereocenters. The maximum Gasteiger partial charge on any atom is 0.326 e. The largest absolute Gasteiger partial charge is 0.497 e. The quantitative estimate of drug-likeness (QED) is 0.832. The van der Waals surface area contributed by atoms with Crippen molar-refractivity contribution >= 4 is 11.9 Å². The van der Waals surface area contributed by atoms with Crippen molar-refractivity contribution in [1.29, 1.82) is 0 Å². The topological polar surface area (TPSA) is 75.6 Å². The van der Waals surface area contributed by atoms with Gasteiger partial charge in [0.1, 0.15) is 11.8 Å². The number of carbonyl (C=O) groups is 2. The molecule has 1 aromatic rings. The minimum absolute atomic E-state index is 0.176. The Hall–Kier alpha value is -2.04. The number of aliphatic carboxylic acids is 1. The highest BCUT2D eigenvalue weighted by Crippen LogP contribution is 2.12. The molecular weight excluding hydrogens is 234 g/mol. The van der Waals surface area contributed by atoms with Crippen molar-refractivity contribution < 1.29 is 19.4 Å². The lowest BCUT2D eigenvalue weighted by Crippen LogP contribution is -2.44. The zero-order valence-corrected chi connectivity index (χ0v) is 10.6. The number of methoxy groups -OCH3 is 1. The zero-order valence-electron chi connectivity index (χ0n) is 10.6. The van der Waals surface area contributed by atoms with E-state index >= 15 is 0 Å². The van der Waals surface area contributed by atoms with Crippen molar-refractivity contribution in [2.45, 2.75) is 19.9 Å². The van der Waals surface area contributed by atoms with Crippen LogP contribution in [0.15, 0.2) is 24.3 Å². The van der Waals surface area contributed by atoms with E-state index in [4.69, 9.17) is 9.84 Å². The molecule has 0 bridgehead atoms. The van der Waals surface area contributed by atoms with E-state index in [0.29, 0.717) is 11.3 Å². The van der Waals surface area contributed by atoms with Crippen LogP contribution in [0.3, 0.4) is 0 Å². The van der Waals surface area contributed by atoms with Gasteiger partial charge in [-0.2, -0.15) is 0 Å². The number of carboxylic acid groups (broad SMARTS) is 1. The molecular formula is C13H17NO4. The Morgan fingerprint density at radius 2 is 1.78 bits per heavy atom. The summed E-state index contributed by atoms with van der Waals surface area (Å²) in [5, 5.41) is 11.5. The van der Waals surface area contributed by atoms with Crippen molar-refractivity contribution in [3.8, 4) is 5.75 Å². The Morgan fingerprint density at radius 3 is 2.17 bits per heavy atom. The van der Waals surface area contributed by atoms with E-state index in [1.165, 1.54) is 7.11 Å². The van der Waals surface area contributed by atoms with E-state index in [9.17, 15) is 9.59 Å². The maximum absolute atomic E-state index is 11.8. The smallest absolute Gasteiger partial charge is 0.326 e. The van der Waals surface area contributed by atoms with Crippen molar-refractivity contribution in [3.05, 3.63) is 29.8 Å². The van der Waals surface area contributed by atoms with E-state index in [2.05, 4.69) is 5.32 Å². The van der Waals surface area contributed by atoms with Gasteiger partial charge in [0.25, 0.3) is 5.91 Å². The molecule has 0 saturated carbocycles. The summed E-state index contributed by atoms with van der Waals surface area (Å²) >= 11 is 0. The lowest BCUT2D eigenvalue weighted by molar-refractivity contribution is -0.140. The van der Waals surface area contributed by atoms with Gasteiger partial charge in [-0.3, -0.25) is 4.79 Å². The molecule has 2 N–H and O–H groups in total. The molecule has 1 rings (SSSR count). The normalized spacial score (nSPS) is 12.0. The second-order valence-electron chi connectivity index (χ2n) is 4.26. The summed E-state index contributed by atoms with van der Waals surface area (Å²) in [6.45, 7) is 3.49. The molecule has 5 heteroatoms. The van der Waals surface area contributed by atoms with Gasteiger partial charge in [-0.1, -0.05) is 13.8 Å². The number of rotatable bonds is 5. The van der Waals surface area contributed by atoms with E-state index in [0.717, 1.165) is 0 Å². The van der Waals surface area contributed by atoms with Gasteiger partial charge in [-0.05, 0) is 30.2 Å². The average Bonchev–Trinajstić information content (AvgIpc) is 2.35. The summed E-state index contributed by atoms with van der Waals surface area (Å²) in [7, 11) is 1.54. The third-order valence-electron chi connectivity index (χ3n) is 2.57. The summed E-state index contributed by atoms with van der Waals surface area (Å²) in [5.41, 5.74) is 0.405. The van der Waals surface area contributed by atoms with Gasteiger partial charge in [-0.15, -0.1) is 0 Å². The van der Waals surface area contributed by atoms with E-state index < -0.39 is 17.9 Å². The first-order valence-corrected chi connectivity index (χ1v) is 5.63. The lowest BCUT2D eigenvalue weighted by Gasteiger charge is -2.17. The summed E-state index contributed by atoms with van der Waals surface area (Å²) in [6.07, 6.45) is 0. The third-order valence-corrected chi connectivity index (χ3v) is 2.57. The molecule has 0 radical (unpaired) electrons. The highest BCUT2D eigenvalue weighted by atomic mass is 16.5. The van der Waals surface area contributed by atoms with Crippen LogP contribution < -0.4 is 10.1 Å². The number of hydrogen-bond donors (Lipinski definition) is 2. The predicted molar refractivity (Wildman–Crippen MR) is 66.7 cm³/mol. The van der Waals surface area contributed by atoms with E-state index in [1.54, 1.807) is 38.1 Å². The standard InChI is InChI=1S/C13H17NO4/c1-8(2)11(13(16)17)14-12(15)9-4-6-10(18-3)7-5-9/h4-8,11H,1-3H3,(H,14,15)(H,16,17). The SMILES string of the molecule is COc1ccc(C(=O)NC(C(=O)O)C(C)C)cc1. The Bertz CT molecular complexity index is 425. The first-order chi connectivity index (χ1) is 8.45. The van der Waals surface area contributed by atoms with Gasteiger partial charge in [-0.25, -0.2) is 4.79 Å². The first-order valence-electron chi connectivity index (χ1n) is 5.63. The van der Waals surface area contributed by atoms with Gasteiger partial charge in [0.15, 0.2) is 0 Å². The number of ether oxygens (including phenoxy) is 1. The fourth-order valence-corrected chi connectivity index (χ4v) is 1.48. The minimum atomic E-state index is -1.04. The third kappa shape index (κ3) is 3.48. The molecule has 1 amide bonds. The molecule has 0 spiro atoms.